The fourth-order valence-corrected chi connectivity index (χ4v) is 2.61. The lowest BCUT2D eigenvalue weighted by atomic mass is 10.0. The molecule has 0 unspecified atom stereocenters. The molecule has 1 aromatic heterocycles. The Hall–Kier alpha value is -2.77. The van der Waals surface area contributed by atoms with E-state index in [1.54, 1.807) is 12.4 Å². The maximum Gasteiger partial charge on any atom is 0.267 e. The lowest BCUT2D eigenvalue weighted by Gasteiger charge is -2.28. The number of nitrogens with one attached hydrogen (secondary N) is 2. The summed E-state index contributed by atoms with van der Waals surface area (Å²) in [5.41, 5.74) is 3.35. The summed E-state index contributed by atoms with van der Waals surface area (Å²) in [5, 5.41) is 11.9. The van der Waals surface area contributed by atoms with Crippen LogP contribution in [0, 0.1) is 5.92 Å². The van der Waals surface area contributed by atoms with Gasteiger partial charge < -0.3 is 10.2 Å². The molecule has 1 aromatic carbocycles. The van der Waals surface area contributed by atoms with Crippen molar-refractivity contribution in [2.45, 2.75) is 26.4 Å². The van der Waals surface area contributed by atoms with Gasteiger partial charge in [0.05, 0.1) is 18.1 Å². The van der Waals surface area contributed by atoms with Gasteiger partial charge >= 0.3 is 0 Å². The van der Waals surface area contributed by atoms with Gasteiger partial charge in [-0.15, -0.1) is 0 Å². The van der Waals surface area contributed by atoms with Crippen molar-refractivity contribution in [1.29, 1.82) is 0 Å². The summed E-state index contributed by atoms with van der Waals surface area (Å²) in [5.74, 6) is 0.490. The van der Waals surface area contributed by atoms with Crippen LogP contribution in [0.5, 0.6) is 0 Å². The fourth-order valence-electron chi connectivity index (χ4n) is 2.61. The predicted octanol–water partition coefficient (Wildman–Crippen LogP) is 2.56. The molecule has 144 valence electrons. The molecule has 1 atom stereocenters. The summed E-state index contributed by atoms with van der Waals surface area (Å²) < 4.78 is 0. The molecule has 0 bridgehead atoms. The highest BCUT2D eigenvalue weighted by molar-refractivity contribution is 5.90. The first-order valence-electron chi connectivity index (χ1n) is 8.91. The SMILES string of the molecule is CC(C)[C@H](CN(C)Cc1ccccc1)Nc1cnc(/C=C/C(=O)NO)cn1. The maximum atomic E-state index is 11.0. The largest absolute Gasteiger partial charge is 0.365 e. The number of nitrogens with zero attached hydrogens (tertiary/aromatic N) is 3. The Morgan fingerprint density at radius 2 is 1.96 bits per heavy atom. The second-order valence-corrected chi connectivity index (χ2v) is 6.81. The van der Waals surface area contributed by atoms with Crippen molar-refractivity contribution in [3.05, 3.63) is 60.1 Å². The van der Waals surface area contributed by atoms with E-state index < -0.39 is 5.91 Å². The quantitative estimate of drug-likeness (QED) is 0.358. The van der Waals surface area contributed by atoms with Crippen LogP contribution in [0.15, 0.2) is 48.8 Å². The van der Waals surface area contributed by atoms with Crippen molar-refractivity contribution in [1.82, 2.24) is 20.3 Å². The van der Waals surface area contributed by atoms with Crippen molar-refractivity contribution in [2.24, 2.45) is 5.92 Å². The first-order chi connectivity index (χ1) is 13.0. The molecule has 2 aromatic rings. The maximum absolute atomic E-state index is 11.0. The lowest BCUT2D eigenvalue weighted by molar-refractivity contribution is -0.124. The van der Waals surface area contributed by atoms with Crippen LogP contribution in [-0.2, 0) is 11.3 Å². The van der Waals surface area contributed by atoms with E-state index in [4.69, 9.17) is 5.21 Å². The van der Waals surface area contributed by atoms with E-state index in [1.807, 2.05) is 6.07 Å². The zero-order chi connectivity index (χ0) is 19.6. The van der Waals surface area contributed by atoms with E-state index in [0.29, 0.717) is 17.4 Å². The van der Waals surface area contributed by atoms with Gasteiger partial charge in [0.2, 0.25) is 0 Å². The number of amides is 1. The third kappa shape index (κ3) is 7.16. The smallest absolute Gasteiger partial charge is 0.267 e. The van der Waals surface area contributed by atoms with Crippen LogP contribution in [0.25, 0.3) is 6.08 Å². The molecule has 0 saturated heterocycles. The van der Waals surface area contributed by atoms with E-state index in [1.165, 1.54) is 23.2 Å². The number of rotatable bonds is 9. The fraction of sp³-hybridized carbons (Fsp3) is 0.350. The number of benzene rings is 1. The Morgan fingerprint density at radius 1 is 1.22 bits per heavy atom. The van der Waals surface area contributed by atoms with Gasteiger partial charge in [-0.3, -0.25) is 15.0 Å². The number of anilines is 1. The molecule has 7 heteroatoms. The zero-order valence-corrected chi connectivity index (χ0v) is 16.0. The third-order valence-corrected chi connectivity index (χ3v) is 4.13. The number of hydroxylamine groups is 1. The van der Waals surface area contributed by atoms with Crippen LogP contribution in [0.4, 0.5) is 5.82 Å². The van der Waals surface area contributed by atoms with Gasteiger partial charge in [0.15, 0.2) is 0 Å². The molecule has 27 heavy (non-hydrogen) atoms. The Labute approximate surface area is 160 Å². The minimum atomic E-state index is -0.611. The van der Waals surface area contributed by atoms with E-state index in [9.17, 15) is 4.79 Å². The first kappa shape index (κ1) is 20.5. The van der Waals surface area contributed by atoms with Crippen molar-refractivity contribution in [3.8, 4) is 0 Å². The average molecular weight is 369 g/mol. The van der Waals surface area contributed by atoms with E-state index in [-0.39, 0.29) is 6.04 Å². The molecule has 0 aliphatic carbocycles. The average Bonchev–Trinajstić information content (AvgIpc) is 2.67. The van der Waals surface area contributed by atoms with Gasteiger partial charge in [0.25, 0.3) is 5.91 Å². The summed E-state index contributed by atoms with van der Waals surface area (Å²) in [6.07, 6.45) is 5.89. The Morgan fingerprint density at radius 3 is 2.56 bits per heavy atom. The van der Waals surface area contributed by atoms with E-state index in [0.717, 1.165) is 13.1 Å². The summed E-state index contributed by atoms with van der Waals surface area (Å²) in [4.78, 5) is 21.9. The molecule has 0 aliphatic rings. The molecule has 0 radical (unpaired) electrons. The molecule has 7 nitrogen and oxygen atoms in total. The van der Waals surface area contributed by atoms with Crippen LogP contribution in [-0.4, -0.2) is 45.6 Å². The van der Waals surface area contributed by atoms with Gasteiger partial charge in [0.1, 0.15) is 5.82 Å². The molecular formula is C20H27N5O2. The van der Waals surface area contributed by atoms with Gasteiger partial charge in [0, 0.05) is 25.2 Å². The second kappa shape index (κ2) is 10.4. The minimum Gasteiger partial charge on any atom is -0.365 e. The molecular weight excluding hydrogens is 342 g/mol. The molecule has 0 saturated carbocycles. The summed E-state index contributed by atoms with van der Waals surface area (Å²) in [7, 11) is 2.11. The number of carbonyl (C=O) groups excluding carboxylic acids is 1. The number of likely N-dealkylation sites (N-methyl/N-ethyl adjacent to an activating group) is 1. The number of carbonyl (C=O) groups is 1. The monoisotopic (exact) mass is 369 g/mol. The summed E-state index contributed by atoms with van der Waals surface area (Å²) in [6.45, 7) is 6.10. The number of hydrogen-bond acceptors (Lipinski definition) is 6. The van der Waals surface area contributed by atoms with Crippen molar-refractivity contribution < 1.29 is 10.0 Å². The first-order valence-corrected chi connectivity index (χ1v) is 8.91. The molecule has 1 amide bonds. The molecule has 0 fully saturated rings. The van der Waals surface area contributed by atoms with Crippen molar-refractivity contribution in [2.75, 3.05) is 18.9 Å². The van der Waals surface area contributed by atoms with Crippen molar-refractivity contribution >= 4 is 17.8 Å². The number of hydrogen-bond donors (Lipinski definition) is 3. The zero-order valence-electron chi connectivity index (χ0n) is 16.0. The minimum absolute atomic E-state index is 0.217. The Bertz CT molecular complexity index is 732. The molecule has 3 N–H and O–H groups in total. The molecule has 0 spiro atoms. The third-order valence-electron chi connectivity index (χ3n) is 4.13. The second-order valence-electron chi connectivity index (χ2n) is 6.81. The lowest BCUT2D eigenvalue weighted by Crippen LogP contribution is -2.38. The molecule has 2 rings (SSSR count). The number of aromatic nitrogens is 2. The van der Waals surface area contributed by atoms with Gasteiger partial charge in [-0.1, -0.05) is 44.2 Å². The predicted molar refractivity (Wildman–Crippen MR) is 106 cm³/mol. The topological polar surface area (TPSA) is 90.4 Å². The standard InChI is InChI=1S/C20H27N5O2/c1-15(2)18(14-25(3)13-16-7-5-4-6-8-16)23-19-12-21-17(11-22-19)9-10-20(26)24-27/h4-12,15,18,27H,13-14H2,1-3H3,(H,22,23)(H,24,26)/b10-9+/t18-/m0/s1. The molecule has 0 aliphatic heterocycles. The van der Waals surface area contributed by atoms with Crippen LogP contribution in [0.1, 0.15) is 25.1 Å². The highest BCUT2D eigenvalue weighted by Gasteiger charge is 2.16. The molecule has 1 heterocycles. The Balaban J connectivity index is 1.95. The van der Waals surface area contributed by atoms with Crippen molar-refractivity contribution in [3.63, 3.8) is 0 Å². The normalized spacial score (nSPS) is 12.5. The van der Waals surface area contributed by atoms with Gasteiger partial charge in [-0.2, -0.15) is 0 Å². The van der Waals surface area contributed by atoms with Gasteiger partial charge in [-0.05, 0) is 24.6 Å². The van der Waals surface area contributed by atoms with Crippen LogP contribution in [0.2, 0.25) is 0 Å². The van der Waals surface area contributed by atoms with E-state index in [2.05, 4.69) is 65.3 Å². The van der Waals surface area contributed by atoms with Crippen LogP contribution < -0.4 is 10.8 Å². The van der Waals surface area contributed by atoms with Gasteiger partial charge in [-0.25, -0.2) is 10.5 Å². The van der Waals surface area contributed by atoms with Crippen LogP contribution in [0.3, 0.4) is 0 Å². The summed E-state index contributed by atoms with van der Waals surface area (Å²) >= 11 is 0. The van der Waals surface area contributed by atoms with Crippen LogP contribution >= 0.6 is 0 Å². The highest BCUT2D eigenvalue weighted by atomic mass is 16.5. The Kier molecular flexibility index (Phi) is 7.91. The van der Waals surface area contributed by atoms with E-state index >= 15 is 0 Å². The summed E-state index contributed by atoms with van der Waals surface area (Å²) in [6, 6.07) is 10.6. The highest BCUT2D eigenvalue weighted by Crippen LogP contribution is 2.13.